The first-order valence-corrected chi connectivity index (χ1v) is 7.24. The van der Waals surface area contributed by atoms with Crippen LogP contribution >= 0.6 is 23.8 Å². The Kier molecular flexibility index (Phi) is 4.79. The van der Waals surface area contributed by atoms with E-state index in [9.17, 15) is 5.11 Å². The summed E-state index contributed by atoms with van der Waals surface area (Å²) in [5.74, 6) is 0.527. The Bertz CT molecular complexity index is 481. The molecular formula is C14H19ClN2OS. The molecule has 19 heavy (non-hydrogen) atoms. The van der Waals surface area contributed by atoms with Gasteiger partial charge in [0.1, 0.15) is 4.99 Å². The number of hydrogen-bond donors (Lipinski definition) is 2. The van der Waals surface area contributed by atoms with E-state index in [-0.39, 0.29) is 12.6 Å². The first-order valence-electron chi connectivity index (χ1n) is 6.46. The maximum absolute atomic E-state index is 9.46. The summed E-state index contributed by atoms with van der Waals surface area (Å²) >= 11 is 11.2. The molecule has 1 fully saturated rings. The molecule has 2 atom stereocenters. The summed E-state index contributed by atoms with van der Waals surface area (Å²) in [6, 6.07) is 5.91. The summed E-state index contributed by atoms with van der Waals surface area (Å²) < 4.78 is 0. The largest absolute Gasteiger partial charge is 0.395 e. The van der Waals surface area contributed by atoms with Gasteiger partial charge in [0.15, 0.2) is 0 Å². The minimum Gasteiger partial charge on any atom is -0.395 e. The second-order valence-electron chi connectivity index (χ2n) is 5.16. The lowest BCUT2D eigenvalue weighted by Gasteiger charge is -2.25. The van der Waals surface area contributed by atoms with Gasteiger partial charge in [-0.1, -0.05) is 42.9 Å². The highest BCUT2D eigenvalue weighted by Gasteiger charge is 2.30. The average Bonchev–Trinajstić information content (AvgIpc) is 2.72. The molecule has 1 aliphatic rings. The molecule has 1 aromatic rings. The molecule has 0 radical (unpaired) electrons. The van der Waals surface area contributed by atoms with E-state index >= 15 is 0 Å². The zero-order valence-corrected chi connectivity index (χ0v) is 12.5. The van der Waals surface area contributed by atoms with Crippen molar-refractivity contribution < 1.29 is 5.11 Å². The molecule has 1 aliphatic heterocycles. The monoisotopic (exact) mass is 298 g/mol. The van der Waals surface area contributed by atoms with E-state index in [1.54, 1.807) is 0 Å². The van der Waals surface area contributed by atoms with Gasteiger partial charge in [0.2, 0.25) is 0 Å². The molecule has 5 heteroatoms. The summed E-state index contributed by atoms with van der Waals surface area (Å²) in [5, 5.41) is 10.1. The van der Waals surface area contributed by atoms with Crippen molar-refractivity contribution in [3.05, 3.63) is 34.3 Å². The zero-order chi connectivity index (χ0) is 14.0. The summed E-state index contributed by atoms with van der Waals surface area (Å²) in [6.07, 6.45) is 1.12. The number of rotatable bonds is 4. The third-order valence-corrected chi connectivity index (χ3v) is 4.48. The predicted octanol–water partition coefficient (Wildman–Crippen LogP) is 2.18. The fourth-order valence-electron chi connectivity index (χ4n) is 2.63. The molecule has 3 N–H and O–H groups in total. The van der Waals surface area contributed by atoms with E-state index in [4.69, 9.17) is 29.6 Å². The van der Waals surface area contributed by atoms with Crippen LogP contribution in [0.1, 0.15) is 24.5 Å². The Morgan fingerprint density at radius 2 is 2.32 bits per heavy atom. The Labute approximate surface area is 124 Å². The van der Waals surface area contributed by atoms with Crippen molar-refractivity contribution in [3.8, 4) is 0 Å². The number of nitrogens with two attached hydrogens (primary N) is 1. The van der Waals surface area contributed by atoms with Crippen LogP contribution in [0.2, 0.25) is 5.02 Å². The van der Waals surface area contributed by atoms with E-state index in [0.29, 0.717) is 15.9 Å². The normalized spacial score (nSPS) is 23.7. The number of halogens is 1. The summed E-state index contributed by atoms with van der Waals surface area (Å²) in [7, 11) is 0. The van der Waals surface area contributed by atoms with Crippen molar-refractivity contribution in [1.29, 1.82) is 0 Å². The van der Waals surface area contributed by atoms with Gasteiger partial charge in [-0.15, -0.1) is 0 Å². The fourth-order valence-corrected chi connectivity index (χ4v) is 2.99. The van der Waals surface area contributed by atoms with Crippen molar-refractivity contribution in [2.45, 2.75) is 25.9 Å². The quantitative estimate of drug-likeness (QED) is 0.837. The van der Waals surface area contributed by atoms with Crippen molar-refractivity contribution in [2.24, 2.45) is 11.7 Å². The number of benzene rings is 1. The number of aliphatic hydroxyl groups is 1. The second-order valence-corrected chi connectivity index (χ2v) is 6.00. The molecule has 0 aliphatic carbocycles. The molecule has 1 saturated heterocycles. The standard InChI is InChI=1S/C14H19ClN2OS/c1-9-4-5-17(13(9)8-18)7-11-3-2-10(14(16)19)6-12(11)15/h2-3,6,9,13,18H,4-5,7-8H2,1H3,(H2,16,19). The van der Waals surface area contributed by atoms with E-state index in [2.05, 4.69) is 11.8 Å². The van der Waals surface area contributed by atoms with Crippen LogP contribution in [0.4, 0.5) is 0 Å². The third kappa shape index (κ3) is 3.26. The van der Waals surface area contributed by atoms with Crippen LogP contribution in [-0.4, -0.2) is 34.2 Å². The van der Waals surface area contributed by atoms with E-state index in [0.717, 1.165) is 30.6 Å². The number of aliphatic hydroxyl groups excluding tert-OH is 1. The minimum atomic E-state index is 0.198. The molecule has 0 amide bonds. The molecule has 1 heterocycles. The molecule has 2 rings (SSSR count). The van der Waals surface area contributed by atoms with Gasteiger partial charge in [0.25, 0.3) is 0 Å². The van der Waals surface area contributed by atoms with E-state index < -0.39 is 0 Å². The number of thiocarbonyl (C=S) groups is 1. The second kappa shape index (κ2) is 6.18. The molecule has 0 aromatic heterocycles. The molecule has 3 nitrogen and oxygen atoms in total. The summed E-state index contributed by atoms with van der Waals surface area (Å²) in [4.78, 5) is 2.64. The maximum atomic E-state index is 9.46. The molecular weight excluding hydrogens is 280 g/mol. The molecule has 0 spiro atoms. The predicted molar refractivity (Wildman–Crippen MR) is 82.4 cm³/mol. The van der Waals surface area contributed by atoms with Crippen molar-refractivity contribution in [3.63, 3.8) is 0 Å². The highest BCUT2D eigenvalue weighted by atomic mass is 35.5. The fraction of sp³-hybridized carbons (Fsp3) is 0.500. The highest BCUT2D eigenvalue weighted by Crippen LogP contribution is 2.27. The van der Waals surface area contributed by atoms with Gasteiger partial charge in [0, 0.05) is 23.2 Å². The smallest absolute Gasteiger partial charge is 0.104 e. The molecule has 104 valence electrons. The zero-order valence-electron chi connectivity index (χ0n) is 11.0. The van der Waals surface area contributed by atoms with Crippen LogP contribution in [0.3, 0.4) is 0 Å². The van der Waals surface area contributed by atoms with Gasteiger partial charge in [-0.05, 0) is 30.5 Å². The van der Waals surface area contributed by atoms with Gasteiger partial charge in [-0.25, -0.2) is 0 Å². The van der Waals surface area contributed by atoms with Crippen LogP contribution in [-0.2, 0) is 6.54 Å². The molecule has 0 saturated carbocycles. The lowest BCUT2D eigenvalue weighted by Crippen LogP contribution is -2.34. The van der Waals surface area contributed by atoms with Crippen LogP contribution in [0, 0.1) is 5.92 Å². The summed E-state index contributed by atoms with van der Waals surface area (Å²) in [6.45, 7) is 4.13. The van der Waals surface area contributed by atoms with Crippen molar-refractivity contribution in [2.75, 3.05) is 13.2 Å². The Morgan fingerprint density at radius 3 is 2.89 bits per heavy atom. The van der Waals surface area contributed by atoms with Gasteiger partial charge < -0.3 is 10.8 Å². The Hall–Kier alpha value is -0.680. The van der Waals surface area contributed by atoms with Crippen LogP contribution in [0.25, 0.3) is 0 Å². The molecule has 0 bridgehead atoms. The molecule has 2 unspecified atom stereocenters. The first-order chi connectivity index (χ1) is 9.02. The SMILES string of the molecule is CC1CCN(Cc2ccc(C(N)=S)cc2Cl)C1CO. The first kappa shape index (κ1) is 14.7. The minimum absolute atomic E-state index is 0.198. The van der Waals surface area contributed by atoms with E-state index in [1.807, 2.05) is 18.2 Å². The Balaban J connectivity index is 2.13. The maximum Gasteiger partial charge on any atom is 0.104 e. The number of likely N-dealkylation sites (tertiary alicyclic amines) is 1. The van der Waals surface area contributed by atoms with Crippen LogP contribution in [0.15, 0.2) is 18.2 Å². The van der Waals surface area contributed by atoms with E-state index in [1.165, 1.54) is 0 Å². The lowest BCUT2D eigenvalue weighted by molar-refractivity contribution is 0.134. The Morgan fingerprint density at radius 1 is 1.58 bits per heavy atom. The third-order valence-electron chi connectivity index (χ3n) is 3.90. The molecule has 1 aromatic carbocycles. The van der Waals surface area contributed by atoms with Crippen LogP contribution in [0.5, 0.6) is 0 Å². The van der Waals surface area contributed by atoms with Crippen molar-refractivity contribution in [1.82, 2.24) is 4.90 Å². The van der Waals surface area contributed by atoms with Gasteiger partial charge in [-0.2, -0.15) is 0 Å². The van der Waals surface area contributed by atoms with Crippen molar-refractivity contribution >= 4 is 28.8 Å². The van der Waals surface area contributed by atoms with Gasteiger partial charge in [0.05, 0.1) is 6.61 Å². The van der Waals surface area contributed by atoms with Gasteiger partial charge >= 0.3 is 0 Å². The average molecular weight is 299 g/mol. The van der Waals surface area contributed by atoms with Crippen LogP contribution < -0.4 is 5.73 Å². The topological polar surface area (TPSA) is 49.5 Å². The highest BCUT2D eigenvalue weighted by molar-refractivity contribution is 7.80. The lowest BCUT2D eigenvalue weighted by atomic mass is 10.0. The number of nitrogens with zero attached hydrogens (tertiary/aromatic N) is 1. The van der Waals surface area contributed by atoms with Gasteiger partial charge in [-0.3, -0.25) is 4.90 Å². The number of hydrogen-bond acceptors (Lipinski definition) is 3. The summed E-state index contributed by atoms with van der Waals surface area (Å²) in [5.41, 5.74) is 7.43.